The summed E-state index contributed by atoms with van der Waals surface area (Å²) in [5, 5.41) is 4.67. The molecule has 0 saturated heterocycles. The van der Waals surface area contributed by atoms with Crippen LogP contribution in [0.3, 0.4) is 0 Å². The van der Waals surface area contributed by atoms with Crippen LogP contribution in [0.5, 0.6) is 0 Å². The lowest BCUT2D eigenvalue weighted by molar-refractivity contribution is 0.659. The molecule has 4 nitrogen and oxygen atoms in total. The SMILES string of the molecule is CN.c1cc(-c2cc3n(n2)CCC3)cc(C2CC2)n1. The average Bonchev–Trinajstić information content (AvgIpc) is 3.09. The molecule has 1 aliphatic carbocycles. The molecular weight excluding hydrogens is 236 g/mol. The summed E-state index contributed by atoms with van der Waals surface area (Å²) in [5.41, 5.74) is 9.47. The highest BCUT2D eigenvalue weighted by Crippen LogP contribution is 2.39. The molecule has 2 N–H and O–H groups in total. The number of rotatable bonds is 2. The summed E-state index contributed by atoms with van der Waals surface area (Å²) in [5.74, 6) is 0.712. The van der Waals surface area contributed by atoms with Gasteiger partial charge in [0.05, 0.1) is 5.69 Å². The molecule has 0 unspecified atom stereocenters. The van der Waals surface area contributed by atoms with Gasteiger partial charge in [-0.2, -0.15) is 5.10 Å². The van der Waals surface area contributed by atoms with Crippen LogP contribution in [0.25, 0.3) is 11.3 Å². The van der Waals surface area contributed by atoms with Crippen LogP contribution >= 0.6 is 0 Å². The molecule has 2 aromatic heterocycles. The molecule has 19 heavy (non-hydrogen) atoms. The van der Waals surface area contributed by atoms with E-state index in [1.165, 1.54) is 49.7 Å². The smallest absolute Gasteiger partial charge is 0.0927 e. The summed E-state index contributed by atoms with van der Waals surface area (Å²) in [4.78, 5) is 4.46. The molecule has 3 heterocycles. The van der Waals surface area contributed by atoms with Crippen LogP contribution < -0.4 is 5.73 Å². The maximum Gasteiger partial charge on any atom is 0.0927 e. The first-order valence-corrected chi connectivity index (χ1v) is 7.01. The topological polar surface area (TPSA) is 56.7 Å². The molecule has 2 aromatic rings. The second-order valence-corrected chi connectivity index (χ2v) is 5.09. The Labute approximate surface area is 113 Å². The Kier molecular flexibility index (Phi) is 3.34. The molecule has 2 aliphatic rings. The van der Waals surface area contributed by atoms with Gasteiger partial charge in [-0.3, -0.25) is 9.67 Å². The lowest BCUT2D eigenvalue weighted by atomic mass is 10.1. The van der Waals surface area contributed by atoms with Crippen LogP contribution in [0, 0.1) is 0 Å². The molecule has 1 aliphatic heterocycles. The molecule has 4 heteroatoms. The van der Waals surface area contributed by atoms with E-state index in [-0.39, 0.29) is 0 Å². The summed E-state index contributed by atoms with van der Waals surface area (Å²) in [6, 6.07) is 6.53. The Bertz CT molecular complexity index is 548. The lowest BCUT2D eigenvalue weighted by Crippen LogP contribution is -1.94. The molecular formula is C15H20N4. The molecule has 0 spiro atoms. The number of hydrogen-bond acceptors (Lipinski definition) is 3. The van der Waals surface area contributed by atoms with Crippen molar-refractivity contribution in [1.82, 2.24) is 14.8 Å². The molecule has 0 bridgehead atoms. The van der Waals surface area contributed by atoms with Crippen LogP contribution in [-0.4, -0.2) is 21.8 Å². The second kappa shape index (κ2) is 5.13. The third kappa shape index (κ3) is 2.40. The van der Waals surface area contributed by atoms with Crippen molar-refractivity contribution in [2.45, 2.75) is 38.1 Å². The quantitative estimate of drug-likeness (QED) is 0.897. The number of aromatic nitrogens is 3. The van der Waals surface area contributed by atoms with Gasteiger partial charge in [-0.05, 0) is 50.9 Å². The number of nitrogens with zero attached hydrogens (tertiary/aromatic N) is 3. The van der Waals surface area contributed by atoms with Gasteiger partial charge in [0.2, 0.25) is 0 Å². The van der Waals surface area contributed by atoms with Crippen molar-refractivity contribution in [2.75, 3.05) is 7.05 Å². The van der Waals surface area contributed by atoms with Gasteiger partial charge >= 0.3 is 0 Å². The first-order valence-electron chi connectivity index (χ1n) is 7.01. The summed E-state index contributed by atoms with van der Waals surface area (Å²) in [6.07, 6.45) is 6.94. The van der Waals surface area contributed by atoms with Crippen molar-refractivity contribution in [3.8, 4) is 11.3 Å². The van der Waals surface area contributed by atoms with Crippen LogP contribution in [0.2, 0.25) is 0 Å². The van der Waals surface area contributed by atoms with Crippen LogP contribution in [-0.2, 0) is 13.0 Å². The van der Waals surface area contributed by atoms with Crippen molar-refractivity contribution in [3.63, 3.8) is 0 Å². The summed E-state index contributed by atoms with van der Waals surface area (Å²) >= 11 is 0. The van der Waals surface area contributed by atoms with E-state index in [9.17, 15) is 0 Å². The predicted molar refractivity (Wildman–Crippen MR) is 75.9 cm³/mol. The third-order valence-electron chi connectivity index (χ3n) is 3.74. The van der Waals surface area contributed by atoms with Crippen molar-refractivity contribution in [2.24, 2.45) is 5.73 Å². The van der Waals surface area contributed by atoms with Gasteiger partial charge < -0.3 is 5.73 Å². The van der Waals surface area contributed by atoms with Crippen molar-refractivity contribution < 1.29 is 0 Å². The van der Waals surface area contributed by atoms with Crippen molar-refractivity contribution >= 4 is 0 Å². The monoisotopic (exact) mass is 256 g/mol. The van der Waals surface area contributed by atoms with E-state index in [1.807, 2.05) is 6.20 Å². The minimum Gasteiger partial charge on any atom is -0.333 e. The fourth-order valence-corrected chi connectivity index (χ4v) is 2.61. The first-order chi connectivity index (χ1) is 9.40. The molecule has 1 saturated carbocycles. The van der Waals surface area contributed by atoms with Crippen molar-refractivity contribution in [3.05, 3.63) is 35.8 Å². The highest BCUT2D eigenvalue weighted by molar-refractivity contribution is 5.60. The third-order valence-corrected chi connectivity index (χ3v) is 3.74. The van der Waals surface area contributed by atoms with Crippen molar-refractivity contribution in [1.29, 1.82) is 0 Å². The fraction of sp³-hybridized carbons (Fsp3) is 0.467. The summed E-state index contributed by atoms with van der Waals surface area (Å²) in [7, 11) is 1.50. The highest BCUT2D eigenvalue weighted by Gasteiger charge is 2.25. The van der Waals surface area contributed by atoms with Gasteiger partial charge in [0.15, 0.2) is 0 Å². The van der Waals surface area contributed by atoms with Gasteiger partial charge in [0.25, 0.3) is 0 Å². The van der Waals surface area contributed by atoms with Gasteiger partial charge in [-0.15, -0.1) is 0 Å². The Morgan fingerprint density at radius 3 is 2.84 bits per heavy atom. The molecule has 0 amide bonds. The van der Waals surface area contributed by atoms with E-state index < -0.39 is 0 Å². The maximum atomic E-state index is 4.67. The Morgan fingerprint density at radius 2 is 2.11 bits per heavy atom. The molecule has 0 atom stereocenters. The Balaban J connectivity index is 0.000000528. The summed E-state index contributed by atoms with van der Waals surface area (Å²) in [6.45, 7) is 1.08. The van der Waals surface area contributed by atoms with Crippen LogP contribution in [0.15, 0.2) is 24.4 Å². The average molecular weight is 256 g/mol. The van der Waals surface area contributed by atoms with E-state index in [2.05, 4.69) is 38.7 Å². The molecule has 0 radical (unpaired) electrons. The minimum absolute atomic E-state index is 0.712. The van der Waals surface area contributed by atoms with Crippen LogP contribution in [0.4, 0.5) is 0 Å². The fourth-order valence-electron chi connectivity index (χ4n) is 2.61. The zero-order valence-corrected chi connectivity index (χ0v) is 11.3. The number of pyridine rings is 1. The van der Waals surface area contributed by atoms with E-state index in [0.29, 0.717) is 5.92 Å². The van der Waals surface area contributed by atoms with Gasteiger partial charge in [-0.25, -0.2) is 0 Å². The number of aryl methyl sites for hydroxylation is 2. The number of hydrogen-bond donors (Lipinski definition) is 1. The molecule has 0 aromatic carbocycles. The maximum absolute atomic E-state index is 4.67. The summed E-state index contributed by atoms with van der Waals surface area (Å²) < 4.78 is 2.15. The van der Waals surface area contributed by atoms with Gasteiger partial charge in [0, 0.05) is 35.6 Å². The predicted octanol–water partition coefficient (Wildman–Crippen LogP) is 2.34. The number of nitrogens with two attached hydrogens (primary N) is 1. The van der Waals surface area contributed by atoms with Crippen LogP contribution in [0.1, 0.15) is 36.6 Å². The van der Waals surface area contributed by atoms with Gasteiger partial charge in [-0.1, -0.05) is 0 Å². The minimum atomic E-state index is 0.712. The zero-order valence-electron chi connectivity index (χ0n) is 11.3. The zero-order chi connectivity index (χ0) is 13.2. The normalized spacial score (nSPS) is 16.7. The van der Waals surface area contributed by atoms with E-state index >= 15 is 0 Å². The highest BCUT2D eigenvalue weighted by atomic mass is 15.3. The first kappa shape index (κ1) is 12.4. The molecule has 1 fully saturated rings. The molecule has 4 rings (SSSR count). The second-order valence-electron chi connectivity index (χ2n) is 5.09. The lowest BCUT2D eigenvalue weighted by Gasteiger charge is -2.00. The standard InChI is InChI=1S/C14H15N3.CH5N/c1-2-12-9-14(16-17(12)7-1)11-5-6-15-13(8-11)10-3-4-10;1-2/h5-6,8-10H,1-4,7H2;2H2,1H3. The Morgan fingerprint density at radius 1 is 1.26 bits per heavy atom. The van der Waals surface area contributed by atoms with E-state index in [4.69, 9.17) is 0 Å². The van der Waals surface area contributed by atoms with E-state index in [1.54, 1.807) is 0 Å². The molecule has 100 valence electrons. The largest absolute Gasteiger partial charge is 0.333 e. The van der Waals surface area contributed by atoms with E-state index in [0.717, 1.165) is 12.2 Å². The Hall–Kier alpha value is -1.68. The van der Waals surface area contributed by atoms with Gasteiger partial charge in [0.1, 0.15) is 0 Å². The number of fused-ring (bicyclic) bond motifs is 1.